The molecule has 0 bridgehead atoms. The zero-order chi connectivity index (χ0) is 21.9. The van der Waals surface area contributed by atoms with E-state index in [1.165, 1.54) is 10.9 Å². The summed E-state index contributed by atoms with van der Waals surface area (Å²) in [6, 6.07) is 16.3. The predicted octanol–water partition coefficient (Wildman–Crippen LogP) is 3.17. The van der Waals surface area contributed by atoms with Crippen LogP contribution in [0.15, 0.2) is 59.7 Å². The lowest BCUT2D eigenvalue weighted by Crippen LogP contribution is -2.38. The van der Waals surface area contributed by atoms with Crippen LogP contribution in [0.1, 0.15) is 18.9 Å². The summed E-state index contributed by atoms with van der Waals surface area (Å²) in [5, 5.41) is 16.9. The fourth-order valence-corrected chi connectivity index (χ4v) is 3.39. The Hall–Kier alpha value is -3.19. The second-order valence-electron chi connectivity index (χ2n) is 7.10. The first-order valence-corrected chi connectivity index (χ1v) is 10.7. The zero-order valence-electron chi connectivity index (χ0n) is 18.3. The first kappa shape index (κ1) is 22.5. The molecule has 1 heterocycles. The number of aryl methyl sites for hydroxylation is 1. The summed E-state index contributed by atoms with van der Waals surface area (Å²) in [7, 11) is 1.60. The van der Waals surface area contributed by atoms with Crippen LogP contribution in [-0.4, -0.2) is 49.0 Å². The van der Waals surface area contributed by atoms with E-state index >= 15 is 0 Å². The molecule has 7 nitrogen and oxygen atoms in total. The van der Waals surface area contributed by atoms with Crippen molar-refractivity contribution < 1.29 is 14.6 Å². The molecule has 7 heteroatoms. The third-order valence-corrected chi connectivity index (χ3v) is 4.89. The summed E-state index contributed by atoms with van der Waals surface area (Å²) in [5.74, 6) is 2.05. The lowest BCUT2D eigenvalue weighted by atomic mass is 10.2. The van der Waals surface area contributed by atoms with E-state index < -0.39 is 0 Å². The molecule has 0 fully saturated rings. The largest absolute Gasteiger partial charge is 0.493 e. The van der Waals surface area contributed by atoms with Crippen LogP contribution >= 0.6 is 0 Å². The van der Waals surface area contributed by atoms with Crippen LogP contribution < -0.4 is 20.1 Å². The van der Waals surface area contributed by atoms with E-state index in [1.807, 2.05) is 18.2 Å². The van der Waals surface area contributed by atoms with Crippen LogP contribution in [0.5, 0.6) is 11.5 Å². The van der Waals surface area contributed by atoms with Crippen LogP contribution in [0.2, 0.25) is 0 Å². The smallest absolute Gasteiger partial charge is 0.191 e. The highest BCUT2D eigenvalue weighted by Gasteiger charge is 2.06. The van der Waals surface area contributed by atoms with Crippen LogP contribution in [0.25, 0.3) is 10.9 Å². The molecule has 0 saturated carbocycles. The van der Waals surface area contributed by atoms with Crippen molar-refractivity contribution >= 4 is 16.9 Å². The van der Waals surface area contributed by atoms with Gasteiger partial charge in [-0.2, -0.15) is 0 Å². The molecule has 0 saturated heterocycles. The quantitative estimate of drug-likeness (QED) is 0.250. The molecule has 0 aliphatic rings. The Kier molecular flexibility index (Phi) is 8.60. The van der Waals surface area contributed by atoms with Gasteiger partial charge in [0.2, 0.25) is 0 Å². The van der Waals surface area contributed by atoms with Crippen molar-refractivity contribution in [3.63, 3.8) is 0 Å². The number of rotatable bonds is 11. The minimum absolute atomic E-state index is 0.0343. The lowest BCUT2D eigenvalue weighted by Gasteiger charge is -2.13. The monoisotopic (exact) mass is 424 g/mol. The van der Waals surface area contributed by atoms with Gasteiger partial charge < -0.3 is 29.8 Å². The molecule has 0 spiro atoms. The Morgan fingerprint density at radius 2 is 1.97 bits per heavy atom. The van der Waals surface area contributed by atoms with Crippen LogP contribution in [0.4, 0.5) is 0 Å². The average molecular weight is 425 g/mol. The van der Waals surface area contributed by atoms with Crippen molar-refractivity contribution in [1.82, 2.24) is 15.2 Å². The third kappa shape index (κ3) is 6.39. The normalized spacial score (nSPS) is 11.5. The summed E-state index contributed by atoms with van der Waals surface area (Å²) >= 11 is 0. The van der Waals surface area contributed by atoms with Crippen molar-refractivity contribution in [3.05, 3.63) is 60.3 Å². The fourth-order valence-electron chi connectivity index (χ4n) is 3.39. The van der Waals surface area contributed by atoms with Gasteiger partial charge in [0.15, 0.2) is 17.5 Å². The average Bonchev–Trinajstić information content (AvgIpc) is 3.22. The number of para-hydroxylation sites is 1. The molecule has 0 aliphatic carbocycles. The molecule has 2 aromatic carbocycles. The van der Waals surface area contributed by atoms with Crippen molar-refractivity contribution in [3.8, 4) is 11.5 Å². The Morgan fingerprint density at radius 3 is 2.77 bits per heavy atom. The Morgan fingerprint density at radius 1 is 1.10 bits per heavy atom. The maximum Gasteiger partial charge on any atom is 0.191 e. The number of aromatic nitrogens is 1. The molecule has 166 valence electrons. The van der Waals surface area contributed by atoms with E-state index in [9.17, 15) is 0 Å². The predicted molar refractivity (Wildman–Crippen MR) is 125 cm³/mol. The molecule has 1 aromatic heterocycles. The van der Waals surface area contributed by atoms with Gasteiger partial charge in [0, 0.05) is 31.3 Å². The van der Waals surface area contributed by atoms with Gasteiger partial charge >= 0.3 is 0 Å². The highest BCUT2D eigenvalue weighted by Crippen LogP contribution is 2.28. The molecule has 3 rings (SSSR count). The number of guanidine groups is 1. The molecule has 0 atom stereocenters. The number of fused-ring (bicyclic) bond motifs is 1. The van der Waals surface area contributed by atoms with E-state index in [0.29, 0.717) is 18.0 Å². The fraction of sp³-hybridized carbons (Fsp3) is 0.375. The molecule has 0 amide bonds. The van der Waals surface area contributed by atoms with Gasteiger partial charge in [-0.15, -0.1) is 0 Å². The molecule has 31 heavy (non-hydrogen) atoms. The molecule has 0 radical (unpaired) electrons. The number of methoxy groups -OCH3 is 1. The molecule has 3 aromatic rings. The molecule has 3 N–H and O–H groups in total. The van der Waals surface area contributed by atoms with Crippen molar-refractivity contribution in [1.29, 1.82) is 0 Å². The number of benzene rings is 2. The molecular formula is C24H32N4O3. The van der Waals surface area contributed by atoms with Crippen LogP contribution in [0, 0.1) is 0 Å². The second kappa shape index (κ2) is 11.9. The summed E-state index contributed by atoms with van der Waals surface area (Å²) in [6.45, 7) is 5.36. The SMILES string of the molecule is CCNC(=NCc1ccc(OCCO)c(OC)c1)NCCCn1ccc2ccccc21. The number of ether oxygens (including phenoxy) is 2. The first-order valence-electron chi connectivity index (χ1n) is 10.7. The van der Waals surface area contributed by atoms with Gasteiger partial charge in [0.25, 0.3) is 0 Å². The number of aliphatic hydroxyl groups excluding tert-OH is 1. The van der Waals surface area contributed by atoms with Crippen LogP contribution in [0.3, 0.4) is 0 Å². The standard InChI is InChI=1S/C24H32N4O3/c1-3-25-24(26-12-6-13-28-14-11-20-7-4-5-8-21(20)28)27-18-19-9-10-22(31-16-15-29)23(17-19)30-2/h4-5,7-11,14,17,29H,3,6,12-13,15-16,18H2,1-2H3,(H2,25,26,27). The number of aliphatic hydroxyl groups is 1. The van der Waals surface area contributed by atoms with Gasteiger partial charge in [0.05, 0.1) is 20.3 Å². The molecule has 0 unspecified atom stereocenters. The first-order chi connectivity index (χ1) is 15.2. The summed E-state index contributed by atoms with van der Waals surface area (Å²) in [6.07, 6.45) is 3.14. The van der Waals surface area contributed by atoms with Gasteiger partial charge in [-0.25, -0.2) is 4.99 Å². The van der Waals surface area contributed by atoms with Crippen LogP contribution in [-0.2, 0) is 13.1 Å². The minimum atomic E-state index is -0.0343. The lowest BCUT2D eigenvalue weighted by molar-refractivity contribution is 0.196. The highest BCUT2D eigenvalue weighted by atomic mass is 16.5. The van der Waals surface area contributed by atoms with E-state index in [1.54, 1.807) is 7.11 Å². The van der Waals surface area contributed by atoms with Crippen molar-refractivity contribution in [2.24, 2.45) is 4.99 Å². The number of nitrogens with zero attached hydrogens (tertiary/aromatic N) is 2. The van der Waals surface area contributed by atoms with Gasteiger partial charge in [-0.05, 0) is 48.6 Å². The summed E-state index contributed by atoms with van der Waals surface area (Å²) < 4.78 is 13.2. The maximum absolute atomic E-state index is 8.93. The number of hydrogen-bond donors (Lipinski definition) is 3. The zero-order valence-corrected chi connectivity index (χ0v) is 18.3. The van der Waals surface area contributed by atoms with Crippen molar-refractivity contribution in [2.75, 3.05) is 33.4 Å². The van der Waals surface area contributed by atoms with Gasteiger partial charge in [-0.3, -0.25) is 0 Å². The highest BCUT2D eigenvalue weighted by molar-refractivity contribution is 5.80. The van der Waals surface area contributed by atoms with Gasteiger partial charge in [-0.1, -0.05) is 24.3 Å². The Bertz CT molecular complexity index is 984. The number of aliphatic imine (C=N–C) groups is 1. The number of nitrogens with one attached hydrogen (secondary N) is 2. The van der Waals surface area contributed by atoms with E-state index in [4.69, 9.17) is 14.6 Å². The third-order valence-electron chi connectivity index (χ3n) is 4.89. The maximum atomic E-state index is 8.93. The summed E-state index contributed by atoms with van der Waals surface area (Å²) in [4.78, 5) is 4.69. The molecule has 0 aliphatic heterocycles. The van der Waals surface area contributed by atoms with E-state index in [0.717, 1.165) is 37.6 Å². The van der Waals surface area contributed by atoms with Crippen molar-refractivity contribution in [2.45, 2.75) is 26.4 Å². The van der Waals surface area contributed by atoms with E-state index in [-0.39, 0.29) is 13.2 Å². The number of hydrogen-bond acceptors (Lipinski definition) is 4. The van der Waals surface area contributed by atoms with Gasteiger partial charge in [0.1, 0.15) is 6.61 Å². The van der Waals surface area contributed by atoms with E-state index in [2.05, 4.69) is 63.6 Å². The summed E-state index contributed by atoms with van der Waals surface area (Å²) in [5.41, 5.74) is 2.28. The Labute approximate surface area is 183 Å². The minimum Gasteiger partial charge on any atom is -0.493 e. The molecular weight excluding hydrogens is 392 g/mol. The topological polar surface area (TPSA) is 80.0 Å². The second-order valence-corrected chi connectivity index (χ2v) is 7.10. The Balaban J connectivity index is 1.53.